The highest BCUT2D eigenvalue weighted by atomic mass is 35.5. The van der Waals surface area contributed by atoms with E-state index >= 15 is 0 Å². The molecule has 0 saturated carbocycles. The number of nitrogens with zero attached hydrogens (tertiary/aromatic N) is 3. The molecule has 4 rings (SSSR count). The van der Waals surface area contributed by atoms with Gasteiger partial charge in [0, 0.05) is 41.2 Å². The molecule has 1 aliphatic rings. The lowest BCUT2D eigenvalue weighted by Crippen LogP contribution is -2.60. The maximum absolute atomic E-state index is 10.5. The second kappa shape index (κ2) is 8.24. The van der Waals surface area contributed by atoms with Crippen molar-refractivity contribution < 1.29 is 9.84 Å². The molecule has 0 unspecified atom stereocenters. The minimum absolute atomic E-state index is 0. The van der Waals surface area contributed by atoms with Crippen LogP contribution >= 0.6 is 12.4 Å². The van der Waals surface area contributed by atoms with Gasteiger partial charge in [-0.25, -0.2) is 9.97 Å². The van der Waals surface area contributed by atoms with E-state index in [0.717, 1.165) is 24.0 Å². The number of ether oxygens (including phenoxy) is 1. The summed E-state index contributed by atoms with van der Waals surface area (Å²) >= 11 is 0. The molecule has 1 aliphatic heterocycles. The van der Waals surface area contributed by atoms with Crippen LogP contribution in [0.15, 0.2) is 43.0 Å². The molecule has 1 saturated heterocycles. The highest BCUT2D eigenvalue weighted by Crippen LogP contribution is 2.33. The zero-order valence-electron chi connectivity index (χ0n) is 17.6. The van der Waals surface area contributed by atoms with Gasteiger partial charge in [-0.15, -0.1) is 12.4 Å². The van der Waals surface area contributed by atoms with E-state index in [4.69, 9.17) is 4.74 Å². The number of hydrogen-bond donors (Lipinski definition) is 3. The van der Waals surface area contributed by atoms with Gasteiger partial charge in [-0.05, 0) is 45.4 Å². The van der Waals surface area contributed by atoms with Gasteiger partial charge in [0.2, 0.25) is 5.88 Å². The fraction of sp³-hybridized carbons (Fsp3) is 0.409. The number of rotatable bonds is 4. The maximum atomic E-state index is 10.5. The van der Waals surface area contributed by atoms with Crippen LogP contribution < -0.4 is 10.1 Å². The molecule has 160 valence electrons. The minimum Gasteiger partial charge on any atom is -0.507 e. The number of aromatic hydroxyl groups is 1. The molecule has 0 amide bonds. The third kappa shape index (κ3) is 4.91. The van der Waals surface area contributed by atoms with Crippen LogP contribution in [0.3, 0.4) is 0 Å². The standard InChI is InChI=1S/C22H27N5O2.ClH/c1-21(2)8-16(9-22(3,4)27-21)29-20-13-23-18(12-24-20)17-6-5-14(7-19(17)28)15-10-25-26-11-15;/h5-7,10-13,16,27-28H,8-9H2,1-4H3,(H,25,26);1H. The molecule has 30 heavy (non-hydrogen) atoms. The van der Waals surface area contributed by atoms with Crippen LogP contribution in [0.5, 0.6) is 11.6 Å². The first kappa shape index (κ1) is 22.1. The highest BCUT2D eigenvalue weighted by molar-refractivity contribution is 5.85. The Morgan fingerprint density at radius 2 is 1.73 bits per heavy atom. The molecule has 0 spiro atoms. The number of benzene rings is 1. The molecule has 0 bridgehead atoms. The minimum atomic E-state index is 0. The lowest BCUT2D eigenvalue weighted by atomic mass is 9.81. The van der Waals surface area contributed by atoms with E-state index in [9.17, 15) is 5.11 Å². The Morgan fingerprint density at radius 3 is 2.30 bits per heavy atom. The average molecular weight is 430 g/mol. The van der Waals surface area contributed by atoms with E-state index in [1.54, 1.807) is 30.9 Å². The Morgan fingerprint density at radius 1 is 1.00 bits per heavy atom. The first-order valence-electron chi connectivity index (χ1n) is 9.81. The smallest absolute Gasteiger partial charge is 0.232 e. The Bertz CT molecular complexity index is 971. The van der Waals surface area contributed by atoms with Crippen molar-refractivity contribution in [2.75, 3.05) is 0 Å². The van der Waals surface area contributed by atoms with Crippen LogP contribution in [0.2, 0.25) is 0 Å². The second-order valence-corrected chi connectivity index (χ2v) is 9.00. The third-order valence-corrected chi connectivity index (χ3v) is 5.17. The molecule has 3 heterocycles. The van der Waals surface area contributed by atoms with Crippen molar-refractivity contribution in [2.24, 2.45) is 0 Å². The number of phenolic OH excluding ortho intramolecular Hbond substituents is 1. The summed E-state index contributed by atoms with van der Waals surface area (Å²) in [5, 5.41) is 20.8. The molecule has 1 aromatic carbocycles. The first-order chi connectivity index (χ1) is 13.7. The molecule has 3 N–H and O–H groups in total. The van der Waals surface area contributed by atoms with Gasteiger partial charge in [-0.2, -0.15) is 5.10 Å². The molecular weight excluding hydrogens is 402 g/mol. The van der Waals surface area contributed by atoms with E-state index in [0.29, 0.717) is 17.1 Å². The maximum Gasteiger partial charge on any atom is 0.232 e. The summed E-state index contributed by atoms with van der Waals surface area (Å²) in [5.41, 5.74) is 3.02. The summed E-state index contributed by atoms with van der Waals surface area (Å²) in [5.74, 6) is 0.648. The average Bonchev–Trinajstić information content (AvgIpc) is 3.14. The van der Waals surface area contributed by atoms with Crippen LogP contribution in [0, 0.1) is 0 Å². The predicted molar refractivity (Wildman–Crippen MR) is 119 cm³/mol. The zero-order valence-corrected chi connectivity index (χ0v) is 18.5. The lowest BCUT2D eigenvalue weighted by Gasteiger charge is -2.46. The van der Waals surface area contributed by atoms with E-state index in [-0.39, 0.29) is 35.3 Å². The summed E-state index contributed by atoms with van der Waals surface area (Å²) in [6.07, 6.45) is 8.63. The van der Waals surface area contributed by atoms with Gasteiger partial charge in [0.25, 0.3) is 0 Å². The van der Waals surface area contributed by atoms with Crippen LogP contribution in [-0.2, 0) is 0 Å². The Labute approximate surface area is 182 Å². The number of aromatic amines is 1. The normalized spacial score (nSPS) is 17.9. The monoisotopic (exact) mass is 429 g/mol. The van der Waals surface area contributed by atoms with Crippen molar-refractivity contribution in [1.29, 1.82) is 0 Å². The SMILES string of the molecule is CC1(C)CC(Oc2cnc(-c3ccc(-c4cn[nH]c4)cc3O)cn2)CC(C)(C)N1.Cl. The van der Waals surface area contributed by atoms with Crippen molar-refractivity contribution >= 4 is 12.4 Å². The second-order valence-electron chi connectivity index (χ2n) is 9.00. The van der Waals surface area contributed by atoms with E-state index in [1.165, 1.54) is 0 Å². The summed E-state index contributed by atoms with van der Waals surface area (Å²) in [6.45, 7) is 8.76. The number of nitrogens with one attached hydrogen (secondary N) is 2. The number of H-pyrrole nitrogens is 1. The van der Waals surface area contributed by atoms with Gasteiger partial charge in [0.05, 0.1) is 24.3 Å². The fourth-order valence-electron chi connectivity index (χ4n) is 4.34. The molecular formula is C22H28ClN5O2. The van der Waals surface area contributed by atoms with E-state index < -0.39 is 0 Å². The molecule has 7 nitrogen and oxygen atoms in total. The van der Waals surface area contributed by atoms with E-state index in [2.05, 4.69) is 53.2 Å². The highest BCUT2D eigenvalue weighted by Gasteiger charge is 2.38. The Hall–Kier alpha value is -2.64. The molecule has 3 aromatic rings. The van der Waals surface area contributed by atoms with Crippen LogP contribution in [0.25, 0.3) is 22.4 Å². The third-order valence-electron chi connectivity index (χ3n) is 5.17. The number of halogens is 1. The lowest BCUT2D eigenvalue weighted by molar-refractivity contribution is 0.0527. The molecule has 2 aromatic heterocycles. The van der Waals surface area contributed by atoms with Gasteiger partial charge >= 0.3 is 0 Å². The summed E-state index contributed by atoms with van der Waals surface area (Å²) < 4.78 is 6.13. The van der Waals surface area contributed by atoms with Crippen molar-refractivity contribution in [3.8, 4) is 34.0 Å². The van der Waals surface area contributed by atoms with Gasteiger partial charge in [0.1, 0.15) is 11.9 Å². The van der Waals surface area contributed by atoms with Gasteiger partial charge in [0.15, 0.2) is 0 Å². The fourth-order valence-corrected chi connectivity index (χ4v) is 4.34. The summed E-state index contributed by atoms with van der Waals surface area (Å²) in [6, 6.07) is 5.46. The first-order valence-corrected chi connectivity index (χ1v) is 9.81. The molecule has 0 atom stereocenters. The quantitative estimate of drug-likeness (QED) is 0.570. The van der Waals surface area contributed by atoms with Gasteiger partial charge < -0.3 is 15.2 Å². The van der Waals surface area contributed by atoms with Crippen LogP contribution in [-0.4, -0.2) is 42.5 Å². The number of aromatic nitrogens is 4. The van der Waals surface area contributed by atoms with Crippen molar-refractivity contribution in [2.45, 2.75) is 57.7 Å². The molecule has 0 radical (unpaired) electrons. The Balaban J connectivity index is 0.00000256. The van der Waals surface area contributed by atoms with E-state index in [1.807, 2.05) is 12.1 Å². The van der Waals surface area contributed by atoms with Gasteiger partial charge in [-0.1, -0.05) is 6.07 Å². The largest absolute Gasteiger partial charge is 0.507 e. The predicted octanol–water partition coefficient (Wildman–Crippen LogP) is 4.35. The Kier molecular flexibility index (Phi) is 6.06. The summed E-state index contributed by atoms with van der Waals surface area (Å²) in [4.78, 5) is 8.89. The number of phenols is 1. The van der Waals surface area contributed by atoms with Crippen LogP contribution in [0.1, 0.15) is 40.5 Å². The number of piperidine rings is 1. The van der Waals surface area contributed by atoms with Crippen molar-refractivity contribution in [3.05, 3.63) is 43.0 Å². The zero-order chi connectivity index (χ0) is 20.6. The topological polar surface area (TPSA) is 96.0 Å². The summed E-state index contributed by atoms with van der Waals surface area (Å²) in [7, 11) is 0. The molecule has 8 heteroatoms. The van der Waals surface area contributed by atoms with Crippen molar-refractivity contribution in [1.82, 2.24) is 25.5 Å². The van der Waals surface area contributed by atoms with Gasteiger partial charge in [-0.3, -0.25) is 5.10 Å². The molecule has 0 aliphatic carbocycles. The van der Waals surface area contributed by atoms with Crippen molar-refractivity contribution in [3.63, 3.8) is 0 Å². The van der Waals surface area contributed by atoms with Crippen LogP contribution in [0.4, 0.5) is 0 Å². The number of hydrogen-bond acceptors (Lipinski definition) is 6. The molecule has 1 fully saturated rings.